The molecule has 0 saturated carbocycles. The second kappa shape index (κ2) is 9.41. The predicted octanol–water partition coefficient (Wildman–Crippen LogP) is 3.85. The summed E-state index contributed by atoms with van der Waals surface area (Å²) in [6.45, 7) is 7.12. The van der Waals surface area contributed by atoms with E-state index in [0.717, 1.165) is 49.4 Å². The molecule has 8 nitrogen and oxygen atoms in total. The number of urea groups is 1. The largest absolute Gasteiger partial charge is 0.496 e. The summed E-state index contributed by atoms with van der Waals surface area (Å²) in [6.07, 6.45) is 2.32. The molecule has 1 N–H and O–H groups in total. The Balaban J connectivity index is 1.24. The molecule has 2 fully saturated rings. The smallest absolute Gasteiger partial charge is 0.325 e. The highest BCUT2D eigenvalue weighted by Gasteiger charge is 2.54. The third kappa shape index (κ3) is 4.31. The fourth-order valence-electron chi connectivity index (χ4n) is 5.70. The molecule has 2 aromatic rings. The van der Waals surface area contributed by atoms with Crippen LogP contribution in [0.25, 0.3) is 0 Å². The zero-order valence-electron chi connectivity index (χ0n) is 20.6. The van der Waals surface area contributed by atoms with Crippen LogP contribution in [0.3, 0.4) is 0 Å². The van der Waals surface area contributed by atoms with E-state index in [2.05, 4.69) is 29.3 Å². The van der Waals surface area contributed by atoms with Crippen molar-refractivity contribution in [2.75, 3.05) is 27.0 Å². The van der Waals surface area contributed by atoms with Crippen LogP contribution in [0.15, 0.2) is 36.4 Å². The molecule has 0 aromatic heterocycles. The zero-order valence-corrected chi connectivity index (χ0v) is 20.6. The summed E-state index contributed by atoms with van der Waals surface area (Å²) in [5, 5.41) is 3.09. The second-order valence-corrected chi connectivity index (χ2v) is 9.69. The molecule has 2 aromatic carbocycles. The molecule has 3 aliphatic heterocycles. The lowest BCUT2D eigenvalue weighted by atomic mass is 9.75. The van der Waals surface area contributed by atoms with Crippen molar-refractivity contribution < 1.29 is 23.8 Å². The zero-order chi connectivity index (χ0) is 24.6. The number of methoxy groups -OCH3 is 1. The molecule has 35 heavy (non-hydrogen) atoms. The predicted molar refractivity (Wildman–Crippen MR) is 130 cm³/mol. The fraction of sp³-hybridized carbons (Fsp3) is 0.481. The van der Waals surface area contributed by atoms with Crippen LogP contribution in [0.4, 0.5) is 4.79 Å². The third-order valence-electron chi connectivity index (χ3n) is 7.69. The number of nitrogens with one attached hydrogen (secondary N) is 1. The molecule has 2 saturated heterocycles. The number of nitrogens with zero attached hydrogens (tertiary/aromatic N) is 2. The maximum absolute atomic E-state index is 13.6. The lowest BCUT2D eigenvalue weighted by molar-refractivity contribution is -0.134. The minimum absolute atomic E-state index is 0.111. The highest BCUT2D eigenvalue weighted by molar-refractivity contribution is 6.07. The minimum Gasteiger partial charge on any atom is -0.496 e. The molecule has 3 aliphatic rings. The van der Waals surface area contributed by atoms with Gasteiger partial charge in [-0.3, -0.25) is 14.6 Å². The minimum atomic E-state index is -0.837. The van der Waals surface area contributed by atoms with Gasteiger partial charge in [0.05, 0.1) is 13.7 Å². The van der Waals surface area contributed by atoms with E-state index in [1.165, 1.54) is 10.5 Å². The van der Waals surface area contributed by atoms with Crippen molar-refractivity contribution >= 4 is 11.9 Å². The molecule has 0 radical (unpaired) electrons. The van der Waals surface area contributed by atoms with Crippen LogP contribution in [0.2, 0.25) is 0 Å². The number of hydrogen-bond acceptors (Lipinski definition) is 6. The summed E-state index contributed by atoms with van der Waals surface area (Å²) in [5.74, 6) is 2.23. The Morgan fingerprint density at radius 1 is 1.03 bits per heavy atom. The van der Waals surface area contributed by atoms with E-state index in [4.69, 9.17) is 14.2 Å². The van der Waals surface area contributed by atoms with E-state index in [0.29, 0.717) is 17.9 Å². The molecular formula is C27H33N3O5. The number of carbonyl (C=O) groups is 2. The van der Waals surface area contributed by atoms with Crippen LogP contribution in [0.1, 0.15) is 42.9 Å². The molecule has 0 unspecified atom stereocenters. The molecule has 0 aliphatic carbocycles. The number of rotatable bonds is 7. The second-order valence-electron chi connectivity index (χ2n) is 9.69. The van der Waals surface area contributed by atoms with Crippen LogP contribution >= 0.6 is 0 Å². The number of aryl methyl sites for hydroxylation is 1. The maximum atomic E-state index is 13.6. The number of carbonyl (C=O) groups excluding carboxylic acids is 2. The van der Waals surface area contributed by atoms with Gasteiger partial charge in [-0.25, -0.2) is 4.79 Å². The molecule has 186 valence electrons. The Kier molecular flexibility index (Phi) is 6.32. The first-order chi connectivity index (χ1) is 16.9. The number of hydrogen-bond donors (Lipinski definition) is 1. The number of ether oxygens (including phenoxy) is 3. The number of imide groups is 1. The summed E-state index contributed by atoms with van der Waals surface area (Å²) in [7, 11) is 1.69. The van der Waals surface area contributed by atoms with Crippen molar-refractivity contribution in [3.63, 3.8) is 0 Å². The van der Waals surface area contributed by atoms with Crippen molar-refractivity contribution in [3.05, 3.63) is 53.1 Å². The van der Waals surface area contributed by atoms with Gasteiger partial charge in [-0.2, -0.15) is 0 Å². The summed E-state index contributed by atoms with van der Waals surface area (Å²) >= 11 is 0. The topological polar surface area (TPSA) is 80.3 Å². The van der Waals surface area contributed by atoms with Gasteiger partial charge in [0.25, 0.3) is 5.91 Å². The summed E-state index contributed by atoms with van der Waals surface area (Å²) in [5.41, 5.74) is 2.39. The number of piperidine rings is 1. The van der Waals surface area contributed by atoms with Gasteiger partial charge in [-0.05, 0) is 80.1 Å². The maximum Gasteiger partial charge on any atom is 0.325 e. The quantitative estimate of drug-likeness (QED) is 0.608. The number of likely N-dealkylation sites (tertiary alicyclic amines) is 1. The van der Waals surface area contributed by atoms with Crippen molar-refractivity contribution in [1.82, 2.24) is 15.1 Å². The van der Waals surface area contributed by atoms with Gasteiger partial charge in [0.15, 0.2) is 11.5 Å². The van der Waals surface area contributed by atoms with Gasteiger partial charge < -0.3 is 19.5 Å². The van der Waals surface area contributed by atoms with Crippen LogP contribution in [-0.4, -0.2) is 54.3 Å². The van der Waals surface area contributed by atoms with Crippen LogP contribution < -0.4 is 19.5 Å². The number of fused-ring (bicyclic) bond motifs is 1. The van der Waals surface area contributed by atoms with Gasteiger partial charge in [0, 0.05) is 6.54 Å². The molecular weight excluding hydrogens is 446 g/mol. The highest BCUT2D eigenvalue weighted by atomic mass is 16.7. The van der Waals surface area contributed by atoms with Crippen LogP contribution in [-0.2, 0) is 17.9 Å². The fourth-order valence-corrected chi connectivity index (χ4v) is 5.70. The highest BCUT2D eigenvalue weighted by Crippen LogP contribution is 2.38. The Bertz CT molecular complexity index is 1130. The van der Waals surface area contributed by atoms with E-state index < -0.39 is 5.54 Å². The van der Waals surface area contributed by atoms with Crippen LogP contribution in [0, 0.1) is 12.8 Å². The standard InChI is InChI=1S/C27H33N3O5/c1-4-27(21-9-11-29(12-10-21)15-19-5-7-22(33-3)18(2)13-19)25(31)30(26(32)28-27)16-20-6-8-23-24(14-20)35-17-34-23/h5-8,13-14,21H,4,9-12,15-17H2,1-3H3,(H,28,32)/t27-/m0/s1. The molecule has 3 amide bonds. The van der Waals surface area contributed by atoms with Crippen molar-refractivity contribution in [2.24, 2.45) is 5.92 Å². The Morgan fingerprint density at radius 2 is 1.74 bits per heavy atom. The van der Waals surface area contributed by atoms with Gasteiger partial charge in [0.2, 0.25) is 6.79 Å². The normalized spacial score (nSPS) is 22.5. The van der Waals surface area contributed by atoms with E-state index in [-0.39, 0.29) is 31.2 Å². The Morgan fingerprint density at radius 3 is 2.46 bits per heavy atom. The molecule has 0 bridgehead atoms. The van der Waals surface area contributed by atoms with Gasteiger partial charge >= 0.3 is 6.03 Å². The molecule has 0 spiro atoms. The van der Waals surface area contributed by atoms with E-state index in [9.17, 15) is 9.59 Å². The first-order valence-corrected chi connectivity index (χ1v) is 12.3. The summed E-state index contributed by atoms with van der Waals surface area (Å²) in [6, 6.07) is 11.5. The van der Waals surface area contributed by atoms with E-state index >= 15 is 0 Å². The van der Waals surface area contributed by atoms with Crippen molar-refractivity contribution in [3.8, 4) is 17.2 Å². The molecule has 1 atom stereocenters. The lowest BCUT2D eigenvalue weighted by Gasteiger charge is -2.40. The third-order valence-corrected chi connectivity index (χ3v) is 7.69. The number of amides is 3. The SMILES string of the molecule is CC[C@@]1(C2CCN(Cc3ccc(OC)c(C)c3)CC2)NC(=O)N(Cc2ccc3c(c2)OCO3)C1=O. The van der Waals surface area contributed by atoms with Gasteiger partial charge in [-0.1, -0.05) is 25.1 Å². The van der Waals surface area contributed by atoms with Gasteiger partial charge in [-0.15, -0.1) is 0 Å². The average molecular weight is 480 g/mol. The van der Waals surface area contributed by atoms with E-state index in [1.54, 1.807) is 7.11 Å². The van der Waals surface area contributed by atoms with Crippen molar-refractivity contribution in [2.45, 2.75) is 51.7 Å². The number of benzene rings is 2. The van der Waals surface area contributed by atoms with Gasteiger partial charge in [0.1, 0.15) is 11.3 Å². The molecule has 3 heterocycles. The summed E-state index contributed by atoms with van der Waals surface area (Å²) in [4.78, 5) is 30.4. The lowest BCUT2D eigenvalue weighted by Crippen LogP contribution is -2.55. The Hall–Kier alpha value is -3.26. The average Bonchev–Trinajstić information content (AvgIpc) is 3.43. The first-order valence-electron chi connectivity index (χ1n) is 12.3. The monoisotopic (exact) mass is 479 g/mol. The van der Waals surface area contributed by atoms with Crippen molar-refractivity contribution in [1.29, 1.82) is 0 Å². The van der Waals surface area contributed by atoms with E-state index in [1.807, 2.05) is 31.2 Å². The Labute approximate surface area is 206 Å². The summed E-state index contributed by atoms with van der Waals surface area (Å²) < 4.78 is 16.2. The molecule has 5 rings (SSSR count). The first kappa shape index (κ1) is 23.5. The van der Waals surface area contributed by atoms with Crippen LogP contribution in [0.5, 0.6) is 17.2 Å². The molecule has 8 heteroatoms.